The summed E-state index contributed by atoms with van der Waals surface area (Å²) >= 11 is 0. The lowest BCUT2D eigenvalue weighted by Gasteiger charge is -2.06. The summed E-state index contributed by atoms with van der Waals surface area (Å²) < 4.78 is 4.93. The topological polar surface area (TPSA) is 58.6 Å². The summed E-state index contributed by atoms with van der Waals surface area (Å²) in [5, 5.41) is 11.7. The highest BCUT2D eigenvalue weighted by molar-refractivity contribution is 5.67. The lowest BCUT2D eigenvalue weighted by molar-refractivity contribution is 0.144. The van der Waals surface area contributed by atoms with E-state index in [1.807, 2.05) is 6.92 Å². The standard InChI is InChI=1S/C12H17NO3/c1-2-3-8-16-12(15)13-9-10-4-6-11(14)7-5-10/h4-7,14H,2-3,8-9H2,1H3,(H,13,15). The number of carbonyl (C=O) groups is 1. The second-order valence-corrected chi connectivity index (χ2v) is 3.51. The Hall–Kier alpha value is -1.71. The Morgan fingerprint density at radius 2 is 2.06 bits per heavy atom. The number of carbonyl (C=O) groups excluding carboxylic acids is 1. The van der Waals surface area contributed by atoms with E-state index in [2.05, 4.69) is 5.32 Å². The van der Waals surface area contributed by atoms with Gasteiger partial charge in [-0.3, -0.25) is 0 Å². The summed E-state index contributed by atoms with van der Waals surface area (Å²) in [7, 11) is 0. The van der Waals surface area contributed by atoms with Gasteiger partial charge in [-0.15, -0.1) is 0 Å². The van der Waals surface area contributed by atoms with Crippen LogP contribution in [0.1, 0.15) is 25.3 Å². The van der Waals surface area contributed by atoms with Crippen LogP contribution in [0.4, 0.5) is 4.79 Å². The third kappa shape index (κ3) is 4.68. The average Bonchev–Trinajstić information content (AvgIpc) is 2.29. The highest BCUT2D eigenvalue weighted by Crippen LogP contribution is 2.09. The Kier molecular flexibility index (Phi) is 5.19. The number of hydrogen-bond acceptors (Lipinski definition) is 3. The van der Waals surface area contributed by atoms with Gasteiger partial charge in [-0.05, 0) is 24.1 Å². The smallest absolute Gasteiger partial charge is 0.407 e. The Morgan fingerprint density at radius 1 is 1.38 bits per heavy atom. The Bertz CT molecular complexity index is 322. The van der Waals surface area contributed by atoms with E-state index in [9.17, 15) is 4.79 Å². The molecule has 4 heteroatoms. The van der Waals surface area contributed by atoms with Crippen molar-refractivity contribution in [1.29, 1.82) is 0 Å². The Balaban J connectivity index is 2.23. The summed E-state index contributed by atoms with van der Waals surface area (Å²) in [6, 6.07) is 6.67. The first-order chi connectivity index (χ1) is 7.72. The van der Waals surface area contributed by atoms with Crippen molar-refractivity contribution in [2.75, 3.05) is 6.61 Å². The SMILES string of the molecule is CCCCOC(=O)NCc1ccc(O)cc1. The van der Waals surface area contributed by atoms with Crippen molar-refractivity contribution < 1.29 is 14.6 Å². The molecular weight excluding hydrogens is 206 g/mol. The molecule has 1 aromatic rings. The molecule has 0 saturated carbocycles. The second-order valence-electron chi connectivity index (χ2n) is 3.51. The maximum Gasteiger partial charge on any atom is 0.407 e. The molecular formula is C12H17NO3. The van der Waals surface area contributed by atoms with Gasteiger partial charge in [0, 0.05) is 6.54 Å². The molecule has 0 aromatic heterocycles. The van der Waals surface area contributed by atoms with E-state index in [1.54, 1.807) is 24.3 Å². The van der Waals surface area contributed by atoms with Crippen LogP contribution >= 0.6 is 0 Å². The quantitative estimate of drug-likeness (QED) is 0.754. The normalized spacial score (nSPS) is 9.81. The van der Waals surface area contributed by atoms with Crippen molar-refractivity contribution in [1.82, 2.24) is 5.32 Å². The monoisotopic (exact) mass is 223 g/mol. The van der Waals surface area contributed by atoms with E-state index in [0.29, 0.717) is 13.2 Å². The highest BCUT2D eigenvalue weighted by atomic mass is 16.5. The van der Waals surface area contributed by atoms with Gasteiger partial charge in [0.1, 0.15) is 5.75 Å². The van der Waals surface area contributed by atoms with Crippen LogP contribution in [0.3, 0.4) is 0 Å². The molecule has 4 nitrogen and oxygen atoms in total. The molecule has 88 valence electrons. The summed E-state index contributed by atoms with van der Waals surface area (Å²) in [6.45, 7) is 2.90. The van der Waals surface area contributed by atoms with Crippen molar-refractivity contribution in [2.45, 2.75) is 26.3 Å². The van der Waals surface area contributed by atoms with E-state index in [-0.39, 0.29) is 5.75 Å². The van der Waals surface area contributed by atoms with Crippen LogP contribution in [0.15, 0.2) is 24.3 Å². The van der Waals surface area contributed by atoms with Gasteiger partial charge >= 0.3 is 6.09 Å². The molecule has 0 radical (unpaired) electrons. The Morgan fingerprint density at radius 3 is 2.69 bits per heavy atom. The van der Waals surface area contributed by atoms with Gasteiger partial charge < -0.3 is 15.2 Å². The zero-order valence-electron chi connectivity index (χ0n) is 9.40. The zero-order chi connectivity index (χ0) is 11.8. The van der Waals surface area contributed by atoms with Crippen LogP contribution < -0.4 is 5.32 Å². The molecule has 1 aromatic carbocycles. The van der Waals surface area contributed by atoms with E-state index < -0.39 is 6.09 Å². The number of aromatic hydroxyl groups is 1. The lowest BCUT2D eigenvalue weighted by atomic mass is 10.2. The molecule has 0 saturated heterocycles. The summed E-state index contributed by atoms with van der Waals surface area (Å²) in [5.41, 5.74) is 0.922. The number of unbranched alkanes of at least 4 members (excludes halogenated alkanes) is 1. The third-order valence-corrected chi connectivity index (χ3v) is 2.10. The molecule has 0 fully saturated rings. The van der Waals surface area contributed by atoms with Gasteiger partial charge in [-0.1, -0.05) is 25.5 Å². The fraction of sp³-hybridized carbons (Fsp3) is 0.417. The van der Waals surface area contributed by atoms with Crippen LogP contribution in [0.25, 0.3) is 0 Å². The fourth-order valence-electron chi connectivity index (χ4n) is 1.15. The highest BCUT2D eigenvalue weighted by Gasteiger charge is 2.01. The number of ether oxygens (including phenoxy) is 1. The van der Waals surface area contributed by atoms with Gasteiger partial charge in [0.2, 0.25) is 0 Å². The summed E-state index contributed by atoms with van der Waals surface area (Å²) in [4.78, 5) is 11.2. The van der Waals surface area contributed by atoms with Crippen LogP contribution in [-0.4, -0.2) is 17.8 Å². The predicted molar refractivity (Wildman–Crippen MR) is 61.2 cm³/mol. The van der Waals surface area contributed by atoms with Crippen molar-refractivity contribution in [3.63, 3.8) is 0 Å². The second kappa shape index (κ2) is 6.71. The van der Waals surface area contributed by atoms with E-state index in [0.717, 1.165) is 18.4 Å². The van der Waals surface area contributed by atoms with Gasteiger partial charge in [-0.25, -0.2) is 4.79 Å². The Labute approximate surface area is 95.2 Å². The molecule has 2 N–H and O–H groups in total. The largest absolute Gasteiger partial charge is 0.508 e. The van der Waals surface area contributed by atoms with Crippen LogP contribution in [0, 0.1) is 0 Å². The first-order valence-electron chi connectivity index (χ1n) is 5.41. The fourth-order valence-corrected chi connectivity index (χ4v) is 1.15. The van der Waals surface area contributed by atoms with Crippen molar-refractivity contribution >= 4 is 6.09 Å². The van der Waals surface area contributed by atoms with Gasteiger partial charge in [0.15, 0.2) is 0 Å². The van der Waals surface area contributed by atoms with E-state index in [4.69, 9.17) is 9.84 Å². The first kappa shape index (κ1) is 12.4. The number of rotatable bonds is 5. The van der Waals surface area contributed by atoms with Crippen molar-refractivity contribution in [3.05, 3.63) is 29.8 Å². The summed E-state index contributed by atoms with van der Waals surface area (Å²) in [5.74, 6) is 0.217. The van der Waals surface area contributed by atoms with Gasteiger partial charge in [0.05, 0.1) is 6.61 Å². The maximum absolute atomic E-state index is 11.2. The molecule has 0 spiro atoms. The first-order valence-corrected chi connectivity index (χ1v) is 5.41. The number of phenolic OH excluding ortho intramolecular Hbond substituents is 1. The van der Waals surface area contributed by atoms with E-state index >= 15 is 0 Å². The maximum atomic E-state index is 11.2. The predicted octanol–water partition coefficient (Wildman–Crippen LogP) is 2.42. The molecule has 0 aliphatic rings. The number of phenols is 1. The van der Waals surface area contributed by atoms with Crippen LogP contribution in [0.5, 0.6) is 5.75 Å². The molecule has 0 aliphatic carbocycles. The number of nitrogens with one attached hydrogen (secondary N) is 1. The van der Waals surface area contributed by atoms with E-state index in [1.165, 1.54) is 0 Å². The molecule has 0 bridgehead atoms. The molecule has 16 heavy (non-hydrogen) atoms. The van der Waals surface area contributed by atoms with Crippen molar-refractivity contribution in [3.8, 4) is 5.75 Å². The molecule has 0 heterocycles. The average molecular weight is 223 g/mol. The molecule has 1 rings (SSSR count). The number of alkyl carbamates (subject to hydrolysis) is 1. The van der Waals surface area contributed by atoms with Gasteiger partial charge in [0.25, 0.3) is 0 Å². The minimum Gasteiger partial charge on any atom is -0.508 e. The van der Waals surface area contributed by atoms with Crippen LogP contribution in [-0.2, 0) is 11.3 Å². The molecule has 0 aliphatic heterocycles. The minimum atomic E-state index is -0.401. The van der Waals surface area contributed by atoms with Crippen molar-refractivity contribution in [2.24, 2.45) is 0 Å². The molecule has 0 unspecified atom stereocenters. The van der Waals surface area contributed by atoms with Gasteiger partial charge in [-0.2, -0.15) is 0 Å². The number of benzene rings is 1. The minimum absolute atomic E-state index is 0.217. The molecule has 1 amide bonds. The molecule has 0 atom stereocenters. The lowest BCUT2D eigenvalue weighted by Crippen LogP contribution is -2.24. The summed E-state index contributed by atoms with van der Waals surface area (Å²) in [6.07, 6.45) is 1.49. The van der Waals surface area contributed by atoms with Crippen LogP contribution in [0.2, 0.25) is 0 Å². The number of hydrogen-bond donors (Lipinski definition) is 2. The zero-order valence-corrected chi connectivity index (χ0v) is 9.40. The third-order valence-electron chi connectivity index (χ3n) is 2.10. The number of amides is 1.